The number of carbonyl (C=O) groups is 1. The van der Waals surface area contributed by atoms with Crippen molar-refractivity contribution in [1.82, 2.24) is 20.2 Å². The molecule has 1 heterocycles. The number of nitrogens with two attached hydrogens (primary N) is 1. The van der Waals surface area contributed by atoms with E-state index in [0.717, 1.165) is 0 Å². The van der Waals surface area contributed by atoms with E-state index in [1.165, 1.54) is 4.68 Å². The van der Waals surface area contributed by atoms with Crippen molar-refractivity contribution in [3.63, 3.8) is 0 Å². The third-order valence-corrected chi connectivity index (χ3v) is 0.841. The van der Waals surface area contributed by atoms with E-state index < -0.39 is 5.91 Å². The van der Waals surface area contributed by atoms with Gasteiger partial charge in [0.2, 0.25) is 5.82 Å². The highest BCUT2D eigenvalue weighted by Gasteiger charge is 2.06. The van der Waals surface area contributed by atoms with Crippen LogP contribution in [0.1, 0.15) is 10.6 Å². The Balaban J connectivity index is 3.08. The molecule has 0 atom stereocenters. The fraction of sp³-hybridized carbons (Fsp3) is 0.333. The molecule has 0 aromatic carbocycles. The molecule has 6 heteroatoms. The van der Waals surface area contributed by atoms with Crippen LogP contribution >= 0.6 is 0 Å². The van der Waals surface area contributed by atoms with E-state index >= 15 is 0 Å². The number of aromatic nitrogens is 4. The van der Waals surface area contributed by atoms with Crippen LogP contribution in [0.4, 0.5) is 0 Å². The van der Waals surface area contributed by atoms with Gasteiger partial charge in [0.1, 0.15) is 0 Å². The molecule has 0 aliphatic heterocycles. The van der Waals surface area contributed by atoms with E-state index in [1.807, 2.05) is 0 Å². The molecule has 0 radical (unpaired) electrons. The van der Waals surface area contributed by atoms with Gasteiger partial charge in [-0.1, -0.05) is 0 Å². The highest BCUT2D eigenvalue weighted by Crippen LogP contribution is 1.82. The molecule has 9 heavy (non-hydrogen) atoms. The molecule has 0 saturated carbocycles. The minimum atomic E-state index is -0.623. The third kappa shape index (κ3) is 0.857. The molecule has 0 saturated heterocycles. The van der Waals surface area contributed by atoms with Crippen LogP contribution in [-0.4, -0.2) is 26.1 Å². The number of hydrogen-bond donors (Lipinski definition) is 1. The Morgan fingerprint density at radius 3 is 2.67 bits per heavy atom. The molecule has 2 N–H and O–H groups in total. The smallest absolute Gasteiger partial charge is 0.288 e. The minimum Gasteiger partial charge on any atom is -0.363 e. The molecule has 0 bridgehead atoms. The molecule has 1 amide bonds. The van der Waals surface area contributed by atoms with Gasteiger partial charge < -0.3 is 5.73 Å². The van der Waals surface area contributed by atoms with Crippen LogP contribution < -0.4 is 5.73 Å². The summed E-state index contributed by atoms with van der Waals surface area (Å²) in [6.07, 6.45) is 0. The average molecular weight is 127 g/mol. The lowest BCUT2D eigenvalue weighted by Gasteiger charge is -1.87. The summed E-state index contributed by atoms with van der Waals surface area (Å²) in [5.41, 5.74) is 4.86. The van der Waals surface area contributed by atoms with Crippen molar-refractivity contribution in [2.75, 3.05) is 0 Å². The fourth-order valence-corrected chi connectivity index (χ4v) is 0.438. The first-order valence-corrected chi connectivity index (χ1v) is 2.24. The summed E-state index contributed by atoms with van der Waals surface area (Å²) in [7, 11) is 1.54. The van der Waals surface area contributed by atoms with Gasteiger partial charge in [-0.3, -0.25) is 4.79 Å². The summed E-state index contributed by atoms with van der Waals surface area (Å²) in [4.78, 5) is 10.3. The van der Waals surface area contributed by atoms with Gasteiger partial charge in [0.15, 0.2) is 0 Å². The molecule has 1 rings (SSSR count). The number of primary amides is 1. The summed E-state index contributed by atoms with van der Waals surface area (Å²) in [5.74, 6) is -0.558. The van der Waals surface area contributed by atoms with Gasteiger partial charge in [-0.25, -0.2) is 4.68 Å². The maximum atomic E-state index is 10.3. The van der Waals surface area contributed by atoms with E-state index in [-0.39, 0.29) is 5.82 Å². The molecule has 0 spiro atoms. The van der Waals surface area contributed by atoms with Crippen LogP contribution in [0.25, 0.3) is 0 Å². The van der Waals surface area contributed by atoms with Gasteiger partial charge in [-0.05, 0) is 10.4 Å². The Morgan fingerprint density at radius 1 is 1.78 bits per heavy atom. The molecule has 0 fully saturated rings. The number of aryl methyl sites for hydroxylation is 1. The Kier molecular flexibility index (Phi) is 1.14. The van der Waals surface area contributed by atoms with Crippen molar-refractivity contribution in [2.24, 2.45) is 12.8 Å². The first kappa shape index (κ1) is 5.67. The predicted molar refractivity (Wildman–Crippen MR) is 27.3 cm³/mol. The Bertz CT molecular complexity index is 228. The lowest BCUT2D eigenvalue weighted by atomic mass is 10.6. The van der Waals surface area contributed by atoms with Gasteiger partial charge in [-0.2, -0.15) is 0 Å². The quantitative estimate of drug-likeness (QED) is 0.487. The van der Waals surface area contributed by atoms with E-state index in [1.54, 1.807) is 7.05 Å². The van der Waals surface area contributed by atoms with E-state index in [9.17, 15) is 4.79 Å². The van der Waals surface area contributed by atoms with Crippen molar-refractivity contribution in [2.45, 2.75) is 0 Å². The van der Waals surface area contributed by atoms with Gasteiger partial charge in [0.25, 0.3) is 5.91 Å². The molecule has 0 unspecified atom stereocenters. The van der Waals surface area contributed by atoms with E-state index in [0.29, 0.717) is 0 Å². The second-order valence-corrected chi connectivity index (χ2v) is 1.49. The first-order chi connectivity index (χ1) is 4.22. The Labute approximate surface area is 50.6 Å². The molecular weight excluding hydrogens is 122 g/mol. The van der Waals surface area contributed by atoms with Crippen molar-refractivity contribution in [3.8, 4) is 0 Å². The average Bonchev–Trinajstić information content (AvgIpc) is 2.13. The third-order valence-electron chi connectivity index (χ3n) is 0.841. The van der Waals surface area contributed by atoms with Crippen LogP contribution in [0, 0.1) is 0 Å². The second kappa shape index (κ2) is 1.81. The first-order valence-electron chi connectivity index (χ1n) is 2.24. The molecule has 0 aliphatic carbocycles. The number of carbonyl (C=O) groups excluding carboxylic acids is 1. The lowest BCUT2D eigenvalue weighted by molar-refractivity contribution is 0.0986. The van der Waals surface area contributed by atoms with Gasteiger partial charge in [0, 0.05) is 7.05 Å². The number of hydrogen-bond acceptors (Lipinski definition) is 4. The van der Waals surface area contributed by atoms with Crippen LogP contribution in [0.3, 0.4) is 0 Å². The van der Waals surface area contributed by atoms with Crippen molar-refractivity contribution in [1.29, 1.82) is 0 Å². The zero-order valence-corrected chi connectivity index (χ0v) is 4.77. The van der Waals surface area contributed by atoms with Crippen LogP contribution in [0.2, 0.25) is 0 Å². The molecular formula is C3H5N5O. The zero-order valence-electron chi connectivity index (χ0n) is 4.77. The lowest BCUT2D eigenvalue weighted by Crippen LogP contribution is -2.16. The summed E-state index contributed by atoms with van der Waals surface area (Å²) < 4.78 is 1.21. The van der Waals surface area contributed by atoms with Crippen LogP contribution in [0.5, 0.6) is 0 Å². The number of tetrazole rings is 1. The molecule has 1 aromatic rings. The second-order valence-electron chi connectivity index (χ2n) is 1.49. The maximum absolute atomic E-state index is 10.3. The van der Waals surface area contributed by atoms with Gasteiger partial charge in [0.05, 0.1) is 0 Å². The normalized spacial score (nSPS) is 9.44. The van der Waals surface area contributed by atoms with Crippen LogP contribution in [0.15, 0.2) is 0 Å². The largest absolute Gasteiger partial charge is 0.363 e. The van der Waals surface area contributed by atoms with E-state index in [4.69, 9.17) is 5.73 Å². The minimum absolute atomic E-state index is 0.0648. The summed E-state index contributed by atoms with van der Waals surface area (Å²) in [6.45, 7) is 0. The Morgan fingerprint density at radius 2 is 2.44 bits per heavy atom. The van der Waals surface area contributed by atoms with Crippen LogP contribution in [-0.2, 0) is 7.05 Å². The maximum Gasteiger partial charge on any atom is 0.288 e. The van der Waals surface area contributed by atoms with Gasteiger partial charge in [-0.15, -0.1) is 5.10 Å². The molecule has 48 valence electrons. The predicted octanol–water partition coefficient (Wildman–Crippen LogP) is -1.69. The number of rotatable bonds is 1. The van der Waals surface area contributed by atoms with Gasteiger partial charge >= 0.3 is 0 Å². The highest BCUT2D eigenvalue weighted by molar-refractivity contribution is 5.88. The van der Waals surface area contributed by atoms with E-state index in [2.05, 4.69) is 15.5 Å². The summed E-state index contributed by atoms with van der Waals surface area (Å²) >= 11 is 0. The molecule has 6 nitrogen and oxygen atoms in total. The van der Waals surface area contributed by atoms with Crippen molar-refractivity contribution >= 4 is 5.91 Å². The van der Waals surface area contributed by atoms with Crippen molar-refractivity contribution in [3.05, 3.63) is 5.82 Å². The molecule has 0 aliphatic rings. The topological polar surface area (TPSA) is 86.7 Å². The monoisotopic (exact) mass is 127 g/mol. The highest BCUT2D eigenvalue weighted by atomic mass is 16.1. The summed E-state index contributed by atoms with van der Waals surface area (Å²) in [5, 5.41) is 9.94. The summed E-state index contributed by atoms with van der Waals surface area (Å²) in [6, 6.07) is 0. The van der Waals surface area contributed by atoms with Crippen molar-refractivity contribution < 1.29 is 4.79 Å². The number of nitrogens with zero attached hydrogens (tertiary/aromatic N) is 4. The number of amides is 1. The Hall–Kier alpha value is -1.46. The zero-order chi connectivity index (χ0) is 6.85. The molecule has 1 aromatic heterocycles. The standard InChI is InChI=1S/C3H5N5O/c1-8-3(2(4)9)5-6-7-8/h1H3,(H2,4,9). The SMILES string of the molecule is Cn1nnnc1C(N)=O. The fourth-order valence-electron chi connectivity index (χ4n) is 0.438.